The fourth-order valence-electron chi connectivity index (χ4n) is 2.39. The smallest absolute Gasteiger partial charge is 0.264 e. The Labute approximate surface area is 146 Å². The molecule has 0 saturated heterocycles. The molecule has 3 aromatic rings. The van der Waals surface area contributed by atoms with Crippen LogP contribution in [0.25, 0.3) is 11.0 Å². The normalized spacial score (nSPS) is 11.0. The van der Waals surface area contributed by atoms with Crippen LogP contribution < -0.4 is 10.9 Å². The summed E-state index contributed by atoms with van der Waals surface area (Å²) in [6.07, 6.45) is 3.12. The summed E-state index contributed by atoms with van der Waals surface area (Å²) in [5.74, 6) is -0.157. The summed E-state index contributed by atoms with van der Waals surface area (Å²) in [7, 11) is 1.73. The van der Waals surface area contributed by atoms with Gasteiger partial charge in [0.25, 0.3) is 5.56 Å². The molecule has 0 bridgehead atoms. The Bertz CT molecular complexity index is 976. The van der Waals surface area contributed by atoms with Gasteiger partial charge in [0.15, 0.2) is 5.65 Å². The summed E-state index contributed by atoms with van der Waals surface area (Å²) in [5.41, 5.74) is 2.11. The molecule has 2 aromatic heterocycles. The Morgan fingerprint density at radius 3 is 2.92 bits per heavy atom. The number of hydrogen-bond donors (Lipinski definition) is 1. The van der Waals surface area contributed by atoms with Gasteiger partial charge in [0, 0.05) is 30.2 Å². The van der Waals surface area contributed by atoms with E-state index >= 15 is 0 Å². The quantitative estimate of drug-likeness (QED) is 0.741. The molecule has 2 heterocycles. The van der Waals surface area contributed by atoms with Gasteiger partial charge in [-0.1, -0.05) is 15.9 Å². The van der Waals surface area contributed by atoms with Gasteiger partial charge in [-0.2, -0.15) is 5.10 Å². The molecule has 1 amide bonds. The average Bonchev–Trinajstić information content (AvgIpc) is 2.92. The van der Waals surface area contributed by atoms with Crippen molar-refractivity contribution in [1.82, 2.24) is 19.3 Å². The van der Waals surface area contributed by atoms with E-state index in [1.807, 2.05) is 25.1 Å². The molecule has 0 atom stereocenters. The molecule has 0 aliphatic carbocycles. The zero-order chi connectivity index (χ0) is 17.3. The van der Waals surface area contributed by atoms with Gasteiger partial charge in [0.2, 0.25) is 5.91 Å². The average molecular weight is 390 g/mol. The Morgan fingerprint density at radius 2 is 2.17 bits per heavy atom. The van der Waals surface area contributed by atoms with E-state index in [-0.39, 0.29) is 24.4 Å². The van der Waals surface area contributed by atoms with Crippen molar-refractivity contribution in [1.29, 1.82) is 0 Å². The van der Waals surface area contributed by atoms with Gasteiger partial charge < -0.3 is 5.32 Å². The highest BCUT2D eigenvalue weighted by atomic mass is 79.9. The van der Waals surface area contributed by atoms with Crippen LogP contribution in [0.5, 0.6) is 0 Å². The highest BCUT2D eigenvalue weighted by molar-refractivity contribution is 9.10. The number of benzene rings is 1. The first-order valence-corrected chi connectivity index (χ1v) is 8.18. The van der Waals surface area contributed by atoms with Crippen molar-refractivity contribution in [3.63, 3.8) is 0 Å². The topological polar surface area (TPSA) is 81.8 Å². The lowest BCUT2D eigenvalue weighted by atomic mass is 10.2. The van der Waals surface area contributed by atoms with Crippen LogP contribution in [0, 0.1) is 6.92 Å². The number of anilines is 1. The number of halogens is 1. The maximum Gasteiger partial charge on any atom is 0.264 e. The van der Waals surface area contributed by atoms with Crippen molar-refractivity contribution in [3.05, 3.63) is 51.1 Å². The molecule has 8 heteroatoms. The minimum atomic E-state index is -0.194. The van der Waals surface area contributed by atoms with Crippen LogP contribution in [0.3, 0.4) is 0 Å². The first-order chi connectivity index (χ1) is 11.5. The van der Waals surface area contributed by atoms with E-state index in [2.05, 4.69) is 31.3 Å². The fraction of sp³-hybridized carbons (Fsp3) is 0.250. The molecule has 0 fully saturated rings. The third-order valence-electron chi connectivity index (χ3n) is 3.74. The Hall–Kier alpha value is -2.48. The first-order valence-electron chi connectivity index (χ1n) is 7.39. The van der Waals surface area contributed by atoms with Gasteiger partial charge in [0.05, 0.1) is 12.5 Å². The van der Waals surface area contributed by atoms with Crippen LogP contribution in [0.4, 0.5) is 5.69 Å². The van der Waals surface area contributed by atoms with Crippen molar-refractivity contribution < 1.29 is 4.79 Å². The Balaban J connectivity index is 1.69. The van der Waals surface area contributed by atoms with E-state index in [0.717, 1.165) is 15.7 Å². The molecule has 0 saturated carbocycles. The maximum absolute atomic E-state index is 12.3. The number of amides is 1. The number of nitrogens with zero attached hydrogens (tertiary/aromatic N) is 4. The molecular formula is C16H16BrN5O2. The second-order valence-electron chi connectivity index (χ2n) is 5.51. The Kier molecular flexibility index (Phi) is 4.48. The zero-order valence-corrected chi connectivity index (χ0v) is 14.9. The number of nitrogens with one attached hydrogen (secondary N) is 1. The number of aromatic nitrogens is 4. The van der Waals surface area contributed by atoms with Crippen LogP contribution >= 0.6 is 15.9 Å². The third-order valence-corrected chi connectivity index (χ3v) is 4.63. The fourth-order valence-corrected chi connectivity index (χ4v) is 2.64. The molecule has 0 unspecified atom stereocenters. The predicted molar refractivity (Wildman–Crippen MR) is 94.9 cm³/mol. The predicted octanol–water partition coefficient (Wildman–Crippen LogP) is 2.23. The van der Waals surface area contributed by atoms with Crippen molar-refractivity contribution in [2.45, 2.75) is 19.9 Å². The molecule has 0 radical (unpaired) electrons. The van der Waals surface area contributed by atoms with Crippen molar-refractivity contribution in [2.24, 2.45) is 7.05 Å². The lowest BCUT2D eigenvalue weighted by Gasteiger charge is -2.08. The number of fused-ring (bicyclic) bond motifs is 1. The van der Waals surface area contributed by atoms with Crippen molar-refractivity contribution in [3.8, 4) is 0 Å². The molecule has 7 nitrogen and oxygen atoms in total. The van der Waals surface area contributed by atoms with Crippen LogP contribution in [-0.4, -0.2) is 25.2 Å². The second-order valence-corrected chi connectivity index (χ2v) is 6.37. The van der Waals surface area contributed by atoms with Gasteiger partial charge in [-0.15, -0.1) is 0 Å². The minimum Gasteiger partial charge on any atom is -0.326 e. The van der Waals surface area contributed by atoms with E-state index in [1.165, 1.54) is 17.1 Å². The van der Waals surface area contributed by atoms with Gasteiger partial charge in [0.1, 0.15) is 5.39 Å². The van der Waals surface area contributed by atoms with E-state index in [1.54, 1.807) is 11.7 Å². The molecule has 124 valence electrons. The van der Waals surface area contributed by atoms with E-state index in [4.69, 9.17) is 0 Å². The van der Waals surface area contributed by atoms with Gasteiger partial charge >= 0.3 is 0 Å². The number of rotatable bonds is 4. The molecule has 1 N–H and O–H groups in total. The standard InChI is InChI=1S/C16H16BrN5O2/c1-10-7-11(3-4-13(10)17)20-14(23)5-6-22-9-18-15-12(16(22)24)8-19-21(15)2/h3-4,7-9H,5-6H2,1-2H3,(H,20,23). The second kappa shape index (κ2) is 6.56. The summed E-state index contributed by atoms with van der Waals surface area (Å²) in [6, 6.07) is 5.59. The van der Waals surface area contributed by atoms with E-state index < -0.39 is 0 Å². The summed E-state index contributed by atoms with van der Waals surface area (Å²) < 4.78 is 3.96. The molecule has 3 rings (SSSR count). The van der Waals surface area contributed by atoms with Crippen LogP contribution in [-0.2, 0) is 18.4 Å². The van der Waals surface area contributed by atoms with Crippen molar-refractivity contribution in [2.75, 3.05) is 5.32 Å². The van der Waals surface area contributed by atoms with Gasteiger partial charge in [-0.3, -0.25) is 18.8 Å². The van der Waals surface area contributed by atoms with Crippen LogP contribution in [0.2, 0.25) is 0 Å². The lowest BCUT2D eigenvalue weighted by Crippen LogP contribution is -2.23. The van der Waals surface area contributed by atoms with Crippen LogP contribution in [0.15, 0.2) is 40.0 Å². The summed E-state index contributed by atoms with van der Waals surface area (Å²) in [4.78, 5) is 28.6. The first kappa shape index (κ1) is 16.4. The zero-order valence-electron chi connectivity index (χ0n) is 13.3. The lowest BCUT2D eigenvalue weighted by molar-refractivity contribution is -0.116. The SMILES string of the molecule is Cc1cc(NC(=O)CCn2cnc3c(cnn3C)c2=O)ccc1Br. The van der Waals surface area contributed by atoms with Gasteiger partial charge in [-0.25, -0.2) is 4.98 Å². The summed E-state index contributed by atoms with van der Waals surface area (Å²) in [5, 5.41) is 7.30. The molecule has 0 spiro atoms. The maximum atomic E-state index is 12.3. The Morgan fingerprint density at radius 1 is 1.38 bits per heavy atom. The number of hydrogen-bond acceptors (Lipinski definition) is 4. The summed E-state index contributed by atoms with van der Waals surface area (Å²) >= 11 is 3.42. The third kappa shape index (κ3) is 3.23. The number of carbonyl (C=O) groups is 1. The molecular weight excluding hydrogens is 374 g/mol. The molecule has 1 aromatic carbocycles. The van der Waals surface area contributed by atoms with Crippen LogP contribution in [0.1, 0.15) is 12.0 Å². The summed E-state index contributed by atoms with van der Waals surface area (Å²) in [6.45, 7) is 2.21. The minimum absolute atomic E-state index is 0.157. The highest BCUT2D eigenvalue weighted by Crippen LogP contribution is 2.20. The van der Waals surface area contributed by atoms with E-state index in [0.29, 0.717) is 11.0 Å². The van der Waals surface area contributed by atoms with E-state index in [9.17, 15) is 9.59 Å². The molecule has 24 heavy (non-hydrogen) atoms. The highest BCUT2D eigenvalue weighted by Gasteiger charge is 2.10. The monoisotopic (exact) mass is 389 g/mol. The van der Waals surface area contributed by atoms with Crippen molar-refractivity contribution >= 4 is 38.6 Å². The molecule has 0 aliphatic rings. The van der Waals surface area contributed by atoms with Gasteiger partial charge in [-0.05, 0) is 30.7 Å². The largest absolute Gasteiger partial charge is 0.326 e. The number of carbonyl (C=O) groups excluding carboxylic acids is 1. The number of aryl methyl sites for hydroxylation is 3. The molecule has 0 aliphatic heterocycles.